The van der Waals surface area contributed by atoms with Gasteiger partial charge in [0.05, 0.1) is 19.0 Å². The maximum Gasteiger partial charge on any atom is 0.274 e. The van der Waals surface area contributed by atoms with Gasteiger partial charge >= 0.3 is 0 Å². The molecular weight excluding hydrogens is 449 g/mol. The van der Waals surface area contributed by atoms with Gasteiger partial charge in [-0.05, 0) is 43.3 Å². The molecule has 5 aromatic rings. The zero-order valence-corrected chi connectivity index (χ0v) is 18.9. The third-order valence-electron chi connectivity index (χ3n) is 5.21. The number of nitrogens with one attached hydrogen (secondary N) is 1. The molecule has 3 heterocycles. The van der Waals surface area contributed by atoms with Crippen molar-refractivity contribution in [3.8, 4) is 28.6 Å². The van der Waals surface area contributed by atoms with Crippen molar-refractivity contribution in [2.24, 2.45) is 0 Å². The van der Waals surface area contributed by atoms with E-state index in [-0.39, 0.29) is 17.1 Å². The lowest BCUT2D eigenvalue weighted by molar-refractivity contribution is 0.102. The topological polar surface area (TPSA) is 90.6 Å². The van der Waals surface area contributed by atoms with Crippen molar-refractivity contribution in [3.05, 3.63) is 96.2 Å². The van der Waals surface area contributed by atoms with E-state index in [4.69, 9.17) is 9.47 Å². The lowest BCUT2D eigenvalue weighted by Gasteiger charge is -2.11. The molecule has 0 atom stereocenters. The maximum absolute atomic E-state index is 14.8. The van der Waals surface area contributed by atoms with Gasteiger partial charge in [-0.25, -0.2) is 14.4 Å². The molecule has 0 radical (unpaired) electrons. The summed E-state index contributed by atoms with van der Waals surface area (Å²) >= 11 is 0. The number of benzene rings is 2. The number of nitrogens with zero attached hydrogens (tertiary/aromatic N) is 4. The number of methoxy groups -OCH3 is 1. The monoisotopic (exact) mass is 469 g/mol. The van der Waals surface area contributed by atoms with Crippen LogP contribution >= 0.6 is 0 Å². The minimum atomic E-state index is -0.643. The molecule has 0 aliphatic rings. The average molecular weight is 469 g/mol. The highest BCUT2D eigenvalue weighted by Crippen LogP contribution is 2.28. The number of aryl methyl sites for hydroxylation is 1. The quantitative estimate of drug-likeness (QED) is 0.363. The van der Waals surface area contributed by atoms with Crippen molar-refractivity contribution < 1.29 is 18.7 Å². The molecule has 35 heavy (non-hydrogen) atoms. The van der Waals surface area contributed by atoms with Gasteiger partial charge in [0.15, 0.2) is 17.2 Å². The number of pyridine rings is 1. The summed E-state index contributed by atoms with van der Waals surface area (Å²) in [5, 5.41) is 6.83. The predicted octanol–water partition coefficient (Wildman–Crippen LogP) is 5.29. The fraction of sp³-hybridized carbons (Fsp3) is 0.0769. The van der Waals surface area contributed by atoms with Crippen LogP contribution in [0.25, 0.3) is 16.9 Å². The number of anilines is 1. The molecule has 9 heteroatoms. The summed E-state index contributed by atoms with van der Waals surface area (Å²) < 4.78 is 27.3. The van der Waals surface area contributed by atoms with E-state index in [0.717, 1.165) is 5.56 Å². The van der Waals surface area contributed by atoms with Crippen LogP contribution in [-0.4, -0.2) is 32.6 Å². The number of fused-ring (bicyclic) bond motifs is 1. The van der Waals surface area contributed by atoms with Crippen LogP contribution in [0, 0.1) is 12.7 Å². The zero-order valence-electron chi connectivity index (χ0n) is 18.9. The summed E-state index contributed by atoms with van der Waals surface area (Å²) in [4.78, 5) is 21.6. The van der Waals surface area contributed by atoms with Crippen LogP contribution in [0.3, 0.4) is 0 Å². The summed E-state index contributed by atoms with van der Waals surface area (Å²) in [6, 6.07) is 20.1. The Morgan fingerprint density at radius 3 is 2.69 bits per heavy atom. The third kappa shape index (κ3) is 4.65. The van der Waals surface area contributed by atoms with Gasteiger partial charge < -0.3 is 14.8 Å². The first-order chi connectivity index (χ1) is 17.0. The third-order valence-corrected chi connectivity index (χ3v) is 5.21. The summed E-state index contributed by atoms with van der Waals surface area (Å²) in [6.45, 7) is 1.81. The highest BCUT2D eigenvalue weighted by atomic mass is 19.1. The predicted molar refractivity (Wildman–Crippen MR) is 128 cm³/mol. The van der Waals surface area contributed by atoms with Crippen LogP contribution in [0.2, 0.25) is 0 Å². The summed E-state index contributed by atoms with van der Waals surface area (Å²) in [6.07, 6.45) is 1.58. The Bertz CT molecular complexity index is 1550. The van der Waals surface area contributed by atoms with E-state index in [1.165, 1.54) is 16.6 Å². The van der Waals surface area contributed by atoms with Crippen molar-refractivity contribution in [2.45, 2.75) is 6.92 Å². The number of ether oxygens (including phenoxy) is 2. The fourth-order valence-corrected chi connectivity index (χ4v) is 3.55. The highest BCUT2D eigenvalue weighted by molar-refractivity contribution is 6.03. The highest BCUT2D eigenvalue weighted by Gasteiger charge is 2.14. The molecule has 0 saturated carbocycles. The Morgan fingerprint density at radius 1 is 1.00 bits per heavy atom. The van der Waals surface area contributed by atoms with Gasteiger partial charge in [0.1, 0.15) is 11.4 Å². The first-order valence-corrected chi connectivity index (χ1v) is 10.7. The van der Waals surface area contributed by atoms with Crippen LogP contribution in [0.1, 0.15) is 16.2 Å². The lowest BCUT2D eigenvalue weighted by atomic mass is 10.1. The lowest BCUT2D eigenvalue weighted by Crippen LogP contribution is -2.14. The molecule has 0 saturated heterocycles. The van der Waals surface area contributed by atoms with Crippen molar-refractivity contribution in [1.29, 1.82) is 0 Å². The van der Waals surface area contributed by atoms with E-state index in [2.05, 4.69) is 20.4 Å². The SMILES string of the molecule is COc1cccc(-c2cccc(C(=O)Nc3ccc(Oc4cc(C)nc5ccnn45)c(F)c3)n2)c1. The Balaban J connectivity index is 1.34. The molecule has 174 valence electrons. The number of aromatic nitrogens is 4. The normalized spacial score (nSPS) is 10.8. The molecule has 3 aromatic heterocycles. The van der Waals surface area contributed by atoms with Gasteiger partial charge in [0.25, 0.3) is 5.91 Å². The molecule has 2 aromatic carbocycles. The molecule has 0 bridgehead atoms. The molecule has 0 unspecified atom stereocenters. The van der Waals surface area contributed by atoms with Crippen LogP contribution in [0.4, 0.5) is 10.1 Å². The van der Waals surface area contributed by atoms with Crippen molar-refractivity contribution in [2.75, 3.05) is 12.4 Å². The van der Waals surface area contributed by atoms with Gasteiger partial charge in [-0.15, -0.1) is 0 Å². The average Bonchev–Trinajstić information content (AvgIpc) is 3.34. The molecule has 0 spiro atoms. The largest absolute Gasteiger partial charge is 0.497 e. The fourth-order valence-electron chi connectivity index (χ4n) is 3.55. The molecule has 5 rings (SSSR count). The first kappa shape index (κ1) is 22.0. The van der Waals surface area contributed by atoms with E-state index in [9.17, 15) is 9.18 Å². The van der Waals surface area contributed by atoms with Crippen molar-refractivity contribution in [3.63, 3.8) is 0 Å². The molecule has 0 fully saturated rings. The molecular formula is C26H20FN5O3. The van der Waals surface area contributed by atoms with E-state index in [1.54, 1.807) is 49.7 Å². The first-order valence-electron chi connectivity index (χ1n) is 10.7. The Morgan fingerprint density at radius 2 is 1.86 bits per heavy atom. The molecule has 1 amide bonds. The molecule has 8 nitrogen and oxygen atoms in total. The minimum Gasteiger partial charge on any atom is -0.497 e. The van der Waals surface area contributed by atoms with Gasteiger partial charge in [-0.2, -0.15) is 9.61 Å². The van der Waals surface area contributed by atoms with Crippen LogP contribution in [-0.2, 0) is 0 Å². The van der Waals surface area contributed by atoms with Gasteiger partial charge in [0, 0.05) is 35.1 Å². The van der Waals surface area contributed by atoms with E-state index in [0.29, 0.717) is 28.7 Å². The number of carbonyl (C=O) groups is 1. The number of hydrogen-bond donors (Lipinski definition) is 1. The summed E-state index contributed by atoms with van der Waals surface area (Å²) in [5.74, 6) is -0.107. The van der Waals surface area contributed by atoms with Crippen LogP contribution in [0.15, 0.2) is 79.0 Å². The van der Waals surface area contributed by atoms with E-state index in [1.807, 2.05) is 31.2 Å². The zero-order chi connectivity index (χ0) is 24.4. The van der Waals surface area contributed by atoms with Crippen molar-refractivity contribution >= 4 is 17.2 Å². The number of rotatable bonds is 6. The Labute approximate surface area is 200 Å². The smallest absolute Gasteiger partial charge is 0.274 e. The second-order valence-electron chi connectivity index (χ2n) is 7.68. The van der Waals surface area contributed by atoms with Crippen LogP contribution in [0.5, 0.6) is 17.4 Å². The van der Waals surface area contributed by atoms with E-state index < -0.39 is 11.7 Å². The molecule has 0 aliphatic carbocycles. The summed E-state index contributed by atoms with van der Waals surface area (Å²) in [5.41, 5.74) is 3.19. The second kappa shape index (κ2) is 9.22. The van der Waals surface area contributed by atoms with Crippen LogP contribution < -0.4 is 14.8 Å². The number of halogens is 1. The number of hydrogen-bond acceptors (Lipinski definition) is 6. The standard InChI is InChI=1S/C26H20FN5O3/c1-16-13-25(32-24(29-16)11-12-28-32)35-23-10-9-18(15-20(23)27)30-26(33)22-8-4-7-21(31-22)17-5-3-6-19(14-17)34-2/h3-15H,1-2H3,(H,30,33). The number of amides is 1. The second-order valence-corrected chi connectivity index (χ2v) is 7.68. The number of carbonyl (C=O) groups excluding carboxylic acids is 1. The van der Waals surface area contributed by atoms with Gasteiger partial charge in [-0.1, -0.05) is 18.2 Å². The summed E-state index contributed by atoms with van der Waals surface area (Å²) in [7, 11) is 1.59. The Kier molecular flexibility index (Phi) is 5.80. The van der Waals surface area contributed by atoms with Crippen molar-refractivity contribution in [1.82, 2.24) is 19.6 Å². The van der Waals surface area contributed by atoms with Gasteiger partial charge in [0.2, 0.25) is 5.88 Å². The van der Waals surface area contributed by atoms with E-state index >= 15 is 0 Å². The molecule has 0 aliphatic heterocycles. The Hall–Kier alpha value is -4.79. The maximum atomic E-state index is 14.8. The van der Waals surface area contributed by atoms with Gasteiger partial charge in [-0.3, -0.25) is 4.79 Å². The molecule has 1 N–H and O–H groups in total. The minimum absolute atomic E-state index is 0.0106.